The van der Waals surface area contributed by atoms with Crippen LogP contribution in [-0.2, 0) is 19.5 Å². The van der Waals surface area contributed by atoms with Crippen molar-refractivity contribution in [3.63, 3.8) is 0 Å². The molecule has 1 aromatic heterocycles. The lowest BCUT2D eigenvalue weighted by molar-refractivity contribution is 0.457. The lowest BCUT2D eigenvalue weighted by Crippen LogP contribution is -2.28. The fourth-order valence-corrected chi connectivity index (χ4v) is 4.45. The molecular weight excluding hydrogens is 380 g/mol. The van der Waals surface area contributed by atoms with E-state index in [1.165, 1.54) is 30.4 Å². The molecular formula is C25H31ClN2O. The molecule has 1 aliphatic carbocycles. The highest BCUT2D eigenvalue weighted by atomic mass is 35.5. The van der Waals surface area contributed by atoms with E-state index in [0.29, 0.717) is 12.6 Å². The van der Waals surface area contributed by atoms with Gasteiger partial charge >= 0.3 is 0 Å². The van der Waals surface area contributed by atoms with Crippen LogP contribution in [0.4, 0.5) is 0 Å². The van der Waals surface area contributed by atoms with E-state index in [1.807, 2.05) is 18.2 Å². The first-order valence-corrected chi connectivity index (χ1v) is 10.7. The van der Waals surface area contributed by atoms with Crippen molar-refractivity contribution in [1.82, 2.24) is 9.88 Å². The Bertz CT molecular complexity index is 1010. The number of hydrogen-bond donors (Lipinski definition) is 1. The Hall–Kier alpha value is -2.10. The number of fused-ring (bicyclic) bond motifs is 2. The Labute approximate surface area is 179 Å². The molecule has 1 N–H and O–H groups in total. The quantitative estimate of drug-likeness (QED) is 0.501. The van der Waals surface area contributed by atoms with E-state index in [1.54, 1.807) is 0 Å². The number of halogens is 1. The van der Waals surface area contributed by atoms with Gasteiger partial charge < -0.3 is 9.88 Å². The van der Waals surface area contributed by atoms with E-state index in [9.17, 15) is 4.79 Å². The third kappa shape index (κ3) is 4.73. The minimum atomic E-state index is 0. The van der Waals surface area contributed by atoms with Crippen molar-refractivity contribution in [3.05, 3.63) is 81.6 Å². The predicted molar refractivity (Wildman–Crippen MR) is 124 cm³/mol. The summed E-state index contributed by atoms with van der Waals surface area (Å²) in [6, 6.07) is 17.1. The number of para-hydroxylation sites is 1. The molecule has 29 heavy (non-hydrogen) atoms. The second-order valence-corrected chi connectivity index (χ2v) is 7.93. The summed E-state index contributed by atoms with van der Waals surface area (Å²) < 4.78 is 2.28. The molecule has 0 amide bonds. The van der Waals surface area contributed by atoms with Gasteiger partial charge in [0.15, 0.2) is 5.43 Å². The summed E-state index contributed by atoms with van der Waals surface area (Å²) >= 11 is 0. The van der Waals surface area contributed by atoms with Crippen molar-refractivity contribution in [1.29, 1.82) is 0 Å². The van der Waals surface area contributed by atoms with Gasteiger partial charge in [-0.15, -0.1) is 12.4 Å². The number of nitrogens with zero attached hydrogens (tertiary/aromatic N) is 1. The van der Waals surface area contributed by atoms with Crippen LogP contribution >= 0.6 is 12.4 Å². The van der Waals surface area contributed by atoms with Gasteiger partial charge in [-0.25, -0.2) is 0 Å². The van der Waals surface area contributed by atoms with E-state index in [0.717, 1.165) is 42.3 Å². The number of unbranched alkanes of at least 4 members (excludes halogenated alkanes) is 2. The van der Waals surface area contributed by atoms with Gasteiger partial charge in [0.25, 0.3) is 0 Å². The fraction of sp³-hybridized carbons (Fsp3) is 0.400. The first kappa shape index (κ1) is 21.6. The summed E-state index contributed by atoms with van der Waals surface area (Å²) in [6.45, 7) is 3.81. The number of hydrogen-bond acceptors (Lipinski definition) is 2. The van der Waals surface area contributed by atoms with Crippen LogP contribution in [0.5, 0.6) is 0 Å². The largest absolute Gasteiger partial charge is 0.347 e. The molecule has 0 fully saturated rings. The van der Waals surface area contributed by atoms with E-state index in [2.05, 4.69) is 53.3 Å². The van der Waals surface area contributed by atoms with Crippen LogP contribution in [0.25, 0.3) is 10.9 Å². The molecule has 0 saturated heterocycles. The maximum Gasteiger partial charge on any atom is 0.193 e. The topological polar surface area (TPSA) is 34.0 Å². The number of aryl methyl sites for hydroxylation is 2. The molecule has 2 aromatic carbocycles. The highest BCUT2D eigenvalue weighted by Gasteiger charge is 2.19. The molecule has 1 unspecified atom stereocenters. The molecule has 154 valence electrons. The van der Waals surface area contributed by atoms with Gasteiger partial charge in [-0.2, -0.15) is 0 Å². The van der Waals surface area contributed by atoms with E-state index < -0.39 is 0 Å². The van der Waals surface area contributed by atoms with Crippen LogP contribution < -0.4 is 10.7 Å². The van der Waals surface area contributed by atoms with Crippen LogP contribution in [-0.4, -0.2) is 4.57 Å². The van der Waals surface area contributed by atoms with Crippen LogP contribution in [0.2, 0.25) is 0 Å². The molecule has 0 aliphatic heterocycles. The van der Waals surface area contributed by atoms with Crippen LogP contribution in [0, 0.1) is 0 Å². The molecule has 1 aliphatic rings. The Morgan fingerprint density at radius 3 is 2.72 bits per heavy atom. The number of nitrogens with one attached hydrogen (secondary N) is 1. The molecule has 4 heteroatoms. The third-order valence-electron chi connectivity index (χ3n) is 5.97. The Morgan fingerprint density at radius 2 is 1.86 bits per heavy atom. The van der Waals surface area contributed by atoms with Gasteiger partial charge in [0.1, 0.15) is 0 Å². The molecule has 0 saturated carbocycles. The normalized spacial score (nSPS) is 15.7. The third-order valence-corrected chi connectivity index (χ3v) is 5.97. The first-order valence-electron chi connectivity index (χ1n) is 10.7. The maximum atomic E-state index is 13.1. The van der Waals surface area contributed by atoms with Crippen molar-refractivity contribution in [2.45, 2.75) is 64.6 Å². The second kappa shape index (κ2) is 10.1. The summed E-state index contributed by atoms with van der Waals surface area (Å²) in [5.41, 5.74) is 4.94. The van der Waals surface area contributed by atoms with Crippen molar-refractivity contribution in [2.24, 2.45) is 0 Å². The predicted octanol–water partition coefficient (Wildman–Crippen LogP) is 5.78. The van der Waals surface area contributed by atoms with Crippen LogP contribution in [0.15, 0.2) is 59.5 Å². The molecule has 0 bridgehead atoms. The minimum Gasteiger partial charge on any atom is -0.347 e. The Kier molecular flexibility index (Phi) is 7.51. The number of benzene rings is 2. The lowest BCUT2D eigenvalue weighted by atomic mass is 9.87. The average molecular weight is 411 g/mol. The molecule has 3 nitrogen and oxygen atoms in total. The SMILES string of the molecule is CCCCCn1cc(CNC2CCCc3ccccc32)c(=O)c2ccccc21.Cl. The standard InChI is InChI=1S/C25H30N2O.ClH/c1-2-3-8-16-27-18-20(25(28)22-13-6-7-15-24(22)27)17-26-23-14-9-11-19-10-4-5-12-21(19)23;/h4-7,10,12-13,15,18,23,26H,2-3,8-9,11,14,16-17H2,1H3;1H. The zero-order valence-corrected chi connectivity index (χ0v) is 18.0. The van der Waals surface area contributed by atoms with Gasteiger partial charge in [-0.05, 0) is 48.9 Å². The van der Waals surface area contributed by atoms with Gasteiger partial charge in [0.2, 0.25) is 0 Å². The maximum absolute atomic E-state index is 13.1. The Morgan fingerprint density at radius 1 is 1.07 bits per heavy atom. The monoisotopic (exact) mass is 410 g/mol. The van der Waals surface area contributed by atoms with Gasteiger partial charge in [0.05, 0.1) is 5.52 Å². The highest BCUT2D eigenvalue weighted by Crippen LogP contribution is 2.29. The first-order chi connectivity index (χ1) is 13.8. The summed E-state index contributed by atoms with van der Waals surface area (Å²) in [7, 11) is 0. The molecule has 1 atom stereocenters. The van der Waals surface area contributed by atoms with E-state index in [-0.39, 0.29) is 17.8 Å². The van der Waals surface area contributed by atoms with Crippen molar-refractivity contribution < 1.29 is 0 Å². The van der Waals surface area contributed by atoms with Gasteiger partial charge in [-0.1, -0.05) is 56.2 Å². The molecule has 0 spiro atoms. The fourth-order valence-electron chi connectivity index (χ4n) is 4.45. The van der Waals surface area contributed by atoms with Crippen molar-refractivity contribution >= 4 is 23.3 Å². The summed E-state index contributed by atoms with van der Waals surface area (Å²) in [5, 5.41) is 4.52. The van der Waals surface area contributed by atoms with Gasteiger partial charge in [0, 0.05) is 36.3 Å². The van der Waals surface area contributed by atoms with Crippen molar-refractivity contribution in [3.8, 4) is 0 Å². The number of rotatable bonds is 7. The zero-order chi connectivity index (χ0) is 19.3. The number of pyridine rings is 1. The highest BCUT2D eigenvalue weighted by molar-refractivity contribution is 5.85. The van der Waals surface area contributed by atoms with E-state index in [4.69, 9.17) is 0 Å². The minimum absolute atomic E-state index is 0. The van der Waals surface area contributed by atoms with Crippen LogP contribution in [0.3, 0.4) is 0 Å². The van der Waals surface area contributed by atoms with Crippen LogP contribution in [0.1, 0.15) is 61.8 Å². The average Bonchev–Trinajstić information content (AvgIpc) is 2.74. The second-order valence-electron chi connectivity index (χ2n) is 7.93. The zero-order valence-electron chi connectivity index (χ0n) is 17.2. The summed E-state index contributed by atoms with van der Waals surface area (Å²) in [5.74, 6) is 0. The molecule has 1 heterocycles. The number of aromatic nitrogens is 1. The summed E-state index contributed by atoms with van der Waals surface area (Å²) in [4.78, 5) is 13.1. The van der Waals surface area contributed by atoms with Gasteiger partial charge in [-0.3, -0.25) is 4.79 Å². The molecule has 0 radical (unpaired) electrons. The smallest absolute Gasteiger partial charge is 0.193 e. The molecule has 3 aromatic rings. The van der Waals surface area contributed by atoms with Crippen molar-refractivity contribution in [2.75, 3.05) is 0 Å². The summed E-state index contributed by atoms with van der Waals surface area (Å²) in [6.07, 6.45) is 9.15. The lowest BCUT2D eigenvalue weighted by Gasteiger charge is -2.26. The molecule has 4 rings (SSSR count). The Balaban J connectivity index is 0.00000240. The van der Waals surface area contributed by atoms with E-state index >= 15 is 0 Å².